The zero-order valence-corrected chi connectivity index (χ0v) is 11.5. The van der Waals surface area contributed by atoms with Gasteiger partial charge in [-0.15, -0.1) is 0 Å². The van der Waals surface area contributed by atoms with Crippen LogP contribution in [0.5, 0.6) is 0 Å². The maximum absolute atomic E-state index is 5.97. The van der Waals surface area contributed by atoms with Gasteiger partial charge in [0.05, 0.1) is 6.54 Å². The Labute approximate surface area is 108 Å². The molecule has 2 atom stereocenters. The molecule has 2 heterocycles. The molecule has 17 heavy (non-hydrogen) atoms. The molecule has 1 aromatic rings. The van der Waals surface area contributed by atoms with Crippen molar-refractivity contribution in [2.45, 2.75) is 58.7 Å². The van der Waals surface area contributed by atoms with Crippen LogP contribution in [0.25, 0.3) is 0 Å². The lowest BCUT2D eigenvalue weighted by Crippen LogP contribution is -2.34. The standard InChI is InChI=1S/C13H20ClN3/c1-4-11-6-5-10(3)17(11)8-13-15-9(2)7-12(14)16-13/h7,10-11H,4-6,8H2,1-3H3. The van der Waals surface area contributed by atoms with Crippen LogP contribution < -0.4 is 0 Å². The van der Waals surface area contributed by atoms with Gasteiger partial charge < -0.3 is 0 Å². The second kappa shape index (κ2) is 5.32. The van der Waals surface area contributed by atoms with Gasteiger partial charge in [0.15, 0.2) is 0 Å². The van der Waals surface area contributed by atoms with E-state index in [4.69, 9.17) is 11.6 Å². The van der Waals surface area contributed by atoms with Gasteiger partial charge >= 0.3 is 0 Å². The molecule has 0 spiro atoms. The minimum atomic E-state index is 0.549. The third kappa shape index (κ3) is 2.96. The predicted octanol–water partition coefficient (Wildman–Crippen LogP) is 3.20. The first-order valence-electron chi connectivity index (χ1n) is 6.36. The SMILES string of the molecule is CCC1CCC(C)N1Cc1nc(C)cc(Cl)n1. The van der Waals surface area contributed by atoms with Crippen molar-refractivity contribution in [1.82, 2.24) is 14.9 Å². The molecule has 2 rings (SSSR count). The van der Waals surface area contributed by atoms with E-state index < -0.39 is 0 Å². The largest absolute Gasteiger partial charge is 0.290 e. The highest BCUT2D eigenvalue weighted by Crippen LogP contribution is 2.27. The first-order chi connectivity index (χ1) is 8.10. The van der Waals surface area contributed by atoms with Gasteiger partial charge in [-0.1, -0.05) is 18.5 Å². The molecule has 0 aromatic carbocycles. The van der Waals surface area contributed by atoms with Gasteiger partial charge in [-0.2, -0.15) is 0 Å². The van der Waals surface area contributed by atoms with E-state index in [1.165, 1.54) is 19.3 Å². The summed E-state index contributed by atoms with van der Waals surface area (Å²) in [6.45, 7) is 7.32. The van der Waals surface area contributed by atoms with Crippen molar-refractivity contribution in [3.05, 3.63) is 22.7 Å². The molecule has 1 aromatic heterocycles. The highest BCUT2D eigenvalue weighted by molar-refractivity contribution is 6.29. The van der Waals surface area contributed by atoms with Gasteiger partial charge in [-0.05, 0) is 39.2 Å². The van der Waals surface area contributed by atoms with E-state index in [1.807, 2.05) is 6.92 Å². The molecule has 0 saturated carbocycles. The summed E-state index contributed by atoms with van der Waals surface area (Å²) >= 11 is 5.97. The smallest absolute Gasteiger partial charge is 0.144 e. The topological polar surface area (TPSA) is 29.0 Å². The average molecular weight is 254 g/mol. The average Bonchev–Trinajstić information content (AvgIpc) is 2.59. The first kappa shape index (κ1) is 12.8. The van der Waals surface area contributed by atoms with Crippen LogP contribution in [0.3, 0.4) is 0 Å². The van der Waals surface area contributed by atoms with Gasteiger partial charge in [0.1, 0.15) is 11.0 Å². The Morgan fingerprint density at radius 2 is 2.18 bits per heavy atom. The summed E-state index contributed by atoms with van der Waals surface area (Å²) in [6.07, 6.45) is 3.76. The minimum Gasteiger partial charge on any atom is -0.290 e. The van der Waals surface area contributed by atoms with E-state index in [9.17, 15) is 0 Å². The van der Waals surface area contributed by atoms with Gasteiger partial charge in [0.25, 0.3) is 0 Å². The van der Waals surface area contributed by atoms with Gasteiger partial charge in [-0.3, -0.25) is 4.90 Å². The maximum atomic E-state index is 5.97. The minimum absolute atomic E-state index is 0.549. The molecule has 1 aliphatic heterocycles. The quantitative estimate of drug-likeness (QED) is 0.775. The van der Waals surface area contributed by atoms with Gasteiger partial charge in [-0.25, -0.2) is 9.97 Å². The third-order valence-electron chi connectivity index (χ3n) is 3.62. The van der Waals surface area contributed by atoms with Crippen LogP contribution in [-0.2, 0) is 6.54 Å². The highest BCUT2D eigenvalue weighted by Gasteiger charge is 2.29. The van der Waals surface area contributed by atoms with Crippen LogP contribution in [0.4, 0.5) is 0 Å². The fourth-order valence-corrected chi connectivity index (χ4v) is 2.93. The Hall–Kier alpha value is -0.670. The third-order valence-corrected chi connectivity index (χ3v) is 3.81. The molecule has 0 radical (unpaired) electrons. The zero-order chi connectivity index (χ0) is 12.4. The summed E-state index contributed by atoms with van der Waals surface area (Å²) in [5.41, 5.74) is 0.944. The molecule has 3 nitrogen and oxygen atoms in total. The summed E-state index contributed by atoms with van der Waals surface area (Å²) in [5, 5.41) is 0.549. The van der Waals surface area contributed by atoms with Crippen molar-refractivity contribution in [3.8, 4) is 0 Å². The molecule has 1 fully saturated rings. The number of hydrogen-bond acceptors (Lipinski definition) is 3. The molecule has 4 heteroatoms. The number of hydrogen-bond donors (Lipinski definition) is 0. The van der Waals surface area contributed by atoms with Crippen molar-refractivity contribution in [2.24, 2.45) is 0 Å². The molecule has 0 bridgehead atoms. The molecule has 2 unspecified atom stereocenters. The lowest BCUT2D eigenvalue weighted by molar-refractivity contribution is 0.184. The van der Waals surface area contributed by atoms with Crippen LogP contribution in [0, 0.1) is 6.92 Å². The van der Waals surface area contributed by atoms with E-state index >= 15 is 0 Å². The predicted molar refractivity (Wildman–Crippen MR) is 70.1 cm³/mol. The van der Waals surface area contributed by atoms with E-state index in [-0.39, 0.29) is 0 Å². The first-order valence-corrected chi connectivity index (χ1v) is 6.73. The Kier molecular flexibility index (Phi) is 4.00. The Morgan fingerprint density at radius 3 is 2.82 bits per heavy atom. The fourth-order valence-electron chi connectivity index (χ4n) is 2.67. The highest BCUT2D eigenvalue weighted by atomic mass is 35.5. The number of likely N-dealkylation sites (tertiary alicyclic amines) is 1. The molecule has 0 aliphatic carbocycles. The molecule has 1 saturated heterocycles. The number of halogens is 1. The van der Waals surface area contributed by atoms with Crippen LogP contribution in [0.15, 0.2) is 6.07 Å². The summed E-state index contributed by atoms with van der Waals surface area (Å²) in [5.74, 6) is 0.849. The van der Waals surface area contributed by atoms with Gasteiger partial charge in [0, 0.05) is 17.8 Å². The summed E-state index contributed by atoms with van der Waals surface area (Å²) in [4.78, 5) is 11.3. The molecule has 0 amide bonds. The summed E-state index contributed by atoms with van der Waals surface area (Å²) in [6, 6.07) is 3.10. The van der Waals surface area contributed by atoms with Crippen molar-refractivity contribution in [2.75, 3.05) is 0 Å². The zero-order valence-electron chi connectivity index (χ0n) is 10.8. The second-order valence-electron chi connectivity index (χ2n) is 4.91. The van der Waals surface area contributed by atoms with Crippen LogP contribution in [-0.4, -0.2) is 27.0 Å². The number of aromatic nitrogens is 2. The van der Waals surface area contributed by atoms with E-state index in [0.717, 1.165) is 18.1 Å². The van der Waals surface area contributed by atoms with Crippen LogP contribution in [0.2, 0.25) is 5.15 Å². The van der Waals surface area contributed by atoms with Crippen molar-refractivity contribution in [1.29, 1.82) is 0 Å². The molecule has 0 N–H and O–H groups in total. The van der Waals surface area contributed by atoms with E-state index in [2.05, 4.69) is 28.7 Å². The normalized spacial score (nSPS) is 25.4. The van der Waals surface area contributed by atoms with Crippen molar-refractivity contribution in [3.63, 3.8) is 0 Å². The monoisotopic (exact) mass is 253 g/mol. The molecular weight excluding hydrogens is 234 g/mol. The number of nitrogens with zero attached hydrogens (tertiary/aromatic N) is 3. The summed E-state index contributed by atoms with van der Waals surface area (Å²) < 4.78 is 0. The second-order valence-corrected chi connectivity index (χ2v) is 5.30. The lowest BCUT2D eigenvalue weighted by atomic mass is 10.1. The van der Waals surface area contributed by atoms with Gasteiger partial charge in [0.2, 0.25) is 0 Å². The number of rotatable bonds is 3. The Balaban J connectivity index is 2.13. The molecule has 1 aliphatic rings. The van der Waals surface area contributed by atoms with Crippen LogP contribution >= 0.6 is 11.6 Å². The van der Waals surface area contributed by atoms with Crippen molar-refractivity contribution >= 4 is 11.6 Å². The fraction of sp³-hybridized carbons (Fsp3) is 0.692. The summed E-state index contributed by atoms with van der Waals surface area (Å²) in [7, 11) is 0. The van der Waals surface area contributed by atoms with E-state index in [0.29, 0.717) is 17.2 Å². The van der Waals surface area contributed by atoms with E-state index in [1.54, 1.807) is 6.07 Å². The molecule has 94 valence electrons. The Morgan fingerprint density at radius 1 is 1.41 bits per heavy atom. The Bertz CT molecular complexity index is 374. The lowest BCUT2D eigenvalue weighted by Gasteiger charge is -2.26. The van der Waals surface area contributed by atoms with Crippen LogP contribution in [0.1, 0.15) is 44.6 Å². The number of aryl methyl sites for hydroxylation is 1. The molecular formula is C13H20ClN3. The maximum Gasteiger partial charge on any atom is 0.144 e. The van der Waals surface area contributed by atoms with Crippen molar-refractivity contribution < 1.29 is 0 Å².